The number of halogens is 3. The number of ether oxygens (including phenoxy) is 1. The second-order valence-electron chi connectivity index (χ2n) is 3.31. The topological polar surface area (TPSA) is 9.23 Å². The van der Waals surface area contributed by atoms with Crippen molar-refractivity contribution in [1.29, 1.82) is 0 Å². The third-order valence-electron chi connectivity index (χ3n) is 1.61. The molecule has 0 heterocycles. The second kappa shape index (κ2) is 3.94. The molecule has 1 aromatic carbocycles. The van der Waals surface area contributed by atoms with Gasteiger partial charge < -0.3 is 17.7 Å². The molecule has 14 heavy (non-hydrogen) atoms. The number of benzene rings is 1. The molecule has 0 saturated carbocycles. The lowest BCUT2D eigenvalue weighted by Crippen LogP contribution is -2.33. The number of hydrogen-bond acceptors (Lipinski definition) is 1. The summed E-state index contributed by atoms with van der Waals surface area (Å²) in [5.41, 5.74) is -0.622. The van der Waals surface area contributed by atoms with Crippen molar-refractivity contribution in [2.24, 2.45) is 0 Å². The minimum atomic E-state index is -4.93. The molecule has 0 atom stereocenters. The Morgan fingerprint density at radius 2 is 1.86 bits per heavy atom. The van der Waals surface area contributed by atoms with Gasteiger partial charge >= 0.3 is 6.98 Å². The quantitative estimate of drug-likeness (QED) is 0.685. The molecule has 0 radical (unpaired) electrons. The highest BCUT2D eigenvalue weighted by atomic mass is 19.4. The maximum Gasteiger partial charge on any atom is 0.509 e. The summed E-state index contributed by atoms with van der Waals surface area (Å²) in [4.78, 5) is 0. The molecule has 0 unspecified atom stereocenters. The van der Waals surface area contributed by atoms with Gasteiger partial charge in [-0.2, -0.15) is 0 Å². The maximum atomic E-state index is 12.3. The van der Waals surface area contributed by atoms with E-state index in [4.69, 9.17) is 4.74 Å². The molecule has 0 saturated heterocycles. The Hall–Kier alpha value is -1.13. The Labute approximate surface area is 80.9 Å². The summed E-state index contributed by atoms with van der Waals surface area (Å²) in [6, 6.07) is 4.95. The fourth-order valence-corrected chi connectivity index (χ4v) is 1.06. The molecule has 0 aliphatic carbocycles. The summed E-state index contributed by atoms with van der Waals surface area (Å²) in [7, 11) is 0. The van der Waals surface area contributed by atoms with Gasteiger partial charge in [0, 0.05) is 0 Å². The van der Waals surface area contributed by atoms with Crippen LogP contribution in [0.3, 0.4) is 0 Å². The van der Waals surface area contributed by atoms with E-state index in [-0.39, 0.29) is 11.9 Å². The van der Waals surface area contributed by atoms with Crippen molar-refractivity contribution in [3.63, 3.8) is 0 Å². The van der Waals surface area contributed by atoms with Gasteiger partial charge in [-0.15, -0.1) is 5.46 Å². The molecule has 0 N–H and O–H groups in total. The first-order chi connectivity index (χ1) is 6.39. The van der Waals surface area contributed by atoms with E-state index in [2.05, 4.69) is 0 Å². The first-order valence-corrected chi connectivity index (χ1v) is 4.36. The first-order valence-electron chi connectivity index (χ1n) is 4.36. The van der Waals surface area contributed by atoms with Gasteiger partial charge in [0.15, 0.2) is 0 Å². The van der Waals surface area contributed by atoms with E-state index in [1.165, 1.54) is 12.1 Å². The molecular weight excluding hydrogens is 192 g/mol. The fourth-order valence-electron chi connectivity index (χ4n) is 1.06. The van der Waals surface area contributed by atoms with Gasteiger partial charge in [0.25, 0.3) is 0 Å². The first kappa shape index (κ1) is 11.0. The predicted molar refractivity (Wildman–Crippen MR) is 50.9 cm³/mol. The van der Waals surface area contributed by atoms with Gasteiger partial charge in [-0.25, -0.2) is 0 Å². The highest BCUT2D eigenvalue weighted by Gasteiger charge is 2.25. The molecule has 0 aliphatic heterocycles. The van der Waals surface area contributed by atoms with E-state index < -0.39 is 12.4 Å². The van der Waals surface area contributed by atoms with Gasteiger partial charge in [-0.3, -0.25) is 0 Å². The molecule has 0 amide bonds. The summed E-state index contributed by atoms with van der Waals surface area (Å²) >= 11 is 0. The van der Waals surface area contributed by atoms with Crippen LogP contribution in [0, 0.1) is 0 Å². The molecule has 0 bridgehead atoms. The molecular formula is C9H11BF3O-. The van der Waals surface area contributed by atoms with Crippen molar-refractivity contribution in [1.82, 2.24) is 0 Å². The summed E-state index contributed by atoms with van der Waals surface area (Å²) in [6.07, 6.45) is -0.119. The van der Waals surface area contributed by atoms with Crippen molar-refractivity contribution in [3.8, 4) is 5.75 Å². The third kappa shape index (κ3) is 2.98. The van der Waals surface area contributed by atoms with Gasteiger partial charge in [-0.05, 0) is 26.0 Å². The van der Waals surface area contributed by atoms with Gasteiger partial charge in [0.1, 0.15) is 5.75 Å². The standard InChI is InChI=1S/C9H11BF3O/c1-7(2)14-9-5-3-4-8(6-9)10(11,12)13/h3-7H,1-2H3/q-1. The lowest BCUT2D eigenvalue weighted by molar-refractivity contribution is 0.242. The van der Waals surface area contributed by atoms with Crippen LogP contribution in [-0.4, -0.2) is 13.1 Å². The molecule has 5 heteroatoms. The highest BCUT2D eigenvalue weighted by molar-refractivity contribution is 6.73. The Morgan fingerprint density at radius 3 is 2.36 bits per heavy atom. The van der Waals surface area contributed by atoms with Crippen molar-refractivity contribution in [3.05, 3.63) is 24.3 Å². The lowest BCUT2D eigenvalue weighted by Gasteiger charge is -2.17. The number of rotatable bonds is 3. The van der Waals surface area contributed by atoms with E-state index in [1.807, 2.05) is 0 Å². The number of hydrogen-bond donors (Lipinski definition) is 0. The normalized spacial score (nSPS) is 11.9. The zero-order chi connectivity index (χ0) is 10.8. The fraction of sp³-hybridized carbons (Fsp3) is 0.333. The Morgan fingerprint density at radius 1 is 1.21 bits per heavy atom. The molecule has 78 valence electrons. The average Bonchev–Trinajstić information content (AvgIpc) is 2.01. The van der Waals surface area contributed by atoms with E-state index in [0.29, 0.717) is 0 Å². The van der Waals surface area contributed by atoms with Gasteiger partial charge in [0.2, 0.25) is 0 Å². The van der Waals surface area contributed by atoms with Crippen LogP contribution in [-0.2, 0) is 0 Å². The third-order valence-corrected chi connectivity index (χ3v) is 1.61. The predicted octanol–water partition coefficient (Wildman–Crippen LogP) is 2.53. The van der Waals surface area contributed by atoms with E-state index >= 15 is 0 Å². The van der Waals surface area contributed by atoms with Gasteiger partial charge in [-0.1, -0.05) is 12.1 Å². The molecule has 1 nitrogen and oxygen atoms in total. The van der Waals surface area contributed by atoms with Crippen molar-refractivity contribution in [2.75, 3.05) is 0 Å². The Balaban J connectivity index is 2.90. The van der Waals surface area contributed by atoms with Crippen LogP contribution in [0.5, 0.6) is 5.75 Å². The van der Waals surface area contributed by atoms with Crippen LogP contribution in [0.15, 0.2) is 24.3 Å². The maximum absolute atomic E-state index is 12.3. The van der Waals surface area contributed by atoms with E-state index in [9.17, 15) is 12.9 Å². The minimum absolute atomic E-state index is 0.119. The largest absolute Gasteiger partial charge is 0.509 e. The summed E-state index contributed by atoms with van der Waals surface area (Å²) < 4.78 is 42.1. The molecule has 0 aliphatic rings. The summed E-state index contributed by atoms with van der Waals surface area (Å²) in [5, 5.41) is 0. The van der Waals surface area contributed by atoms with Crippen LogP contribution in [0.2, 0.25) is 0 Å². The van der Waals surface area contributed by atoms with Crippen molar-refractivity contribution >= 4 is 12.4 Å². The Kier molecular flexibility index (Phi) is 3.08. The van der Waals surface area contributed by atoms with Crippen LogP contribution < -0.4 is 10.2 Å². The van der Waals surface area contributed by atoms with Crippen LogP contribution >= 0.6 is 0 Å². The highest BCUT2D eigenvalue weighted by Crippen LogP contribution is 2.15. The van der Waals surface area contributed by atoms with Crippen molar-refractivity contribution < 1.29 is 17.7 Å². The lowest BCUT2D eigenvalue weighted by atomic mass is 9.80. The van der Waals surface area contributed by atoms with Crippen LogP contribution in [0.25, 0.3) is 0 Å². The molecule has 1 rings (SSSR count). The minimum Gasteiger partial charge on any atom is -0.491 e. The molecule has 0 fully saturated rings. The van der Waals surface area contributed by atoms with E-state index in [1.54, 1.807) is 13.8 Å². The smallest absolute Gasteiger partial charge is 0.491 e. The van der Waals surface area contributed by atoms with Gasteiger partial charge in [0.05, 0.1) is 6.10 Å². The second-order valence-corrected chi connectivity index (χ2v) is 3.31. The van der Waals surface area contributed by atoms with E-state index in [0.717, 1.165) is 12.1 Å². The zero-order valence-electron chi connectivity index (χ0n) is 8.01. The van der Waals surface area contributed by atoms with Crippen molar-refractivity contribution in [2.45, 2.75) is 20.0 Å². The summed E-state index contributed by atoms with van der Waals surface area (Å²) in [5.74, 6) is 0.261. The SMILES string of the molecule is CC(C)Oc1cccc([B-](F)(F)F)c1. The van der Waals surface area contributed by atoms with Crippen LogP contribution in [0.4, 0.5) is 12.9 Å². The average molecular weight is 203 g/mol. The monoisotopic (exact) mass is 203 g/mol. The molecule has 1 aromatic rings. The molecule has 0 spiro atoms. The van der Waals surface area contributed by atoms with Crippen LogP contribution in [0.1, 0.15) is 13.8 Å². The molecule has 0 aromatic heterocycles. The zero-order valence-corrected chi connectivity index (χ0v) is 8.01. The Bertz CT molecular complexity index is 309. The summed E-state index contributed by atoms with van der Waals surface area (Å²) in [6.45, 7) is -1.39.